The van der Waals surface area contributed by atoms with Crippen LogP contribution in [-0.4, -0.2) is 51.6 Å². The van der Waals surface area contributed by atoms with E-state index in [0.717, 1.165) is 0 Å². The zero-order valence-corrected chi connectivity index (χ0v) is 19.3. The highest BCUT2D eigenvalue weighted by molar-refractivity contribution is 6.29. The molecule has 5 rings (SSSR count). The Hall–Kier alpha value is -2.96. The second kappa shape index (κ2) is 9.25. The van der Waals surface area contributed by atoms with Crippen LogP contribution in [0.2, 0.25) is 5.15 Å². The topological polar surface area (TPSA) is 104 Å². The maximum Gasteiger partial charge on any atom is 0.420 e. The van der Waals surface area contributed by atoms with Gasteiger partial charge in [0.15, 0.2) is 0 Å². The lowest BCUT2D eigenvalue weighted by Gasteiger charge is -2.22. The van der Waals surface area contributed by atoms with Crippen molar-refractivity contribution in [2.24, 2.45) is 0 Å². The molecule has 9 nitrogen and oxygen atoms in total. The smallest absolute Gasteiger partial charge is 0.420 e. The van der Waals surface area contributed by atoms with E-state index in [1.807, 2.05) is 6.92 Å². The molecule has 2 aliphatic rings. The van der Waals surface area contributed by atoms with E-state index in [0.29, 0.717) is 37.6 Å². The van der Waals surface area contributed by atoms with Crippen LogP contribution in [0.5, 0.6) is 0 Å². The standard InChI is InChI=1S/C22H21ClF3N5O4/c1-11-4-15-17(19-14(11)9-31(30-19)8-13-10-33-2-3-34-13)18(22(24,25)26)20(35-15)21(32)29-6-12-5-28-16(23)7-27-12/h5,7,9,11,13H,2-4,6,8,10H2,1H3,(H,29,32)/t11?,13-/m0/s1. The molecule has 2 atom stereocenters. The first-order chi connectivity index (χ1) is 16.7. The zero-order valence-electron chi connectivity index (χ0n) is 18.6. The zero-order chi connectivity index (χ0) is 24.7. The minimum absolute atomic E-state index is 0.0799. The average molecular weight is 512 g/mol. The van der Waals surface area contributed by atoms with Gasteiger partial charge in [0.05, 0.1) is 62.3 Å². The van der Waals surface area contributed by atoms with Crippen LogP contribution >= 0.6 is 11.6 Å². The number of carbonyl (C=O) groups excluding carboxylic acids is 1. The maximum atomic E-state index is 14.3. The number of nitrogens with zero attached hydrogens (tertiary/aromatic N) is 4. The van der Waals surface area contributed by atoms with Gasteiger partial charge in [0.2, 0.25) is 5.76 Å². The van der Waals surface area contributed by atoms with E-state index in [4.69, 9.17) is 25.5 Å². The first-order valence-corrected chi connectivity index (χ1v) is 11.3. The molecule has 0 aromatic carbocycles. The van der Waals surface area contributed by atoms with Crippen LogP contribution in [0.3, 0.4) is 0 Å². The van der Waals surface area contributed by atoms with Crippen LogP contribution in [0.4, 0.5) is 13.2 Å². The average Bonchev–Trinajstić information content (AvgIpc) is 3.41. The fourth-order valence-electron chi connectivity index (χ4n) is 4.31. The van der Waals surface area contributed by atoms with Gasteiger partial charge in [-0.1, -0.05) is 18.5 Å². The summed E-state index contributed by atoms with van der Waals surface area (Å²) < 4.78 is 60.9. The Balaban J connectivity index is 1.47. The fraction of sp³-hybridized carbons (Fsp3) is 0.455. The number of furan rings is 1. The van der Waals surface area contributed by atoms with Gasteiger partial charge in [-0.15, -0.1) is 0 Å². The van der Waals surface area contributed by atoms with Crippen molar-refractivity contribution in [3.63, 3.8) is 0 Å². The third-order valence-corrected chi connectivity index (χ3v) is 6.09. The Morgan fingerprint density at radius 1 is 1.29 bits per heavy atom. The van der Waals surface area contributed by atoms with Crippen molar-refractivity contribution in [3.05, 3.63) is 52.1 Å². The van der Waals surface area contributed by atoms with Crippen molar-refractivity contribution in [3.8, 4) is 11.3 Å². The third kappa shape index (κ3) is 4.78. The second-order valence-electron chi connectivity index (χ2n) is 8.44. The molecule has 1 amide bonds. The van der Waals surface area contributed by atoms with Crippen LogP contribution in [0.15, 0.2) is 23.0 Å². The molecule has 3 aromatic heterocycles. The molecular weight excluding hydrogens is 491 g/mol. The largest absolute Gasteiger partial charge is 0.455 e. The Bertz CT molecular complexity index is 1240. The van der Waals surface area contributed by atoms with Crippen LogP contribution in [-0.2, 0) is 35.2 Å². The van der Waals surface area contributed by atoms with Crippen molar-refractivity contribution < 1.29 is 31.9 Å². The molecule has 0 radical (unpaired) electrons. The van der Waals surface area contributed by atoms with E-state index in [1.54, 1.807) is 10.9 Å². The first kappa shape index (κ1) is 23.8. The lowest BCUT2D eigenvalue weighted by molar-refractivity contribution is -0.137. The molecule has 3 aromatic rings. The maximum absolute atomic E-state index is 14.3. The summed E-state index contributed by atoms with van der Waals surface area (Å²) in [6.07, 6.45) is -0.556. The number of hydrogen-bond acceptors (Lipinski definition) is 7. The number of carbonyl (C=O) groups is 1. The highest BCUT2D eigenvalue weighted by Gasteiger charge is 2.46. The van der Waals surface area contributed by atoms with Gasteiger partial charge in [0.25, 0.3) is 5.91 Å². The highest BCUT2D eigenvalue weighted by Crippen LogP contribution is 2.48. The second-order valence-corrected chi connectivity index (χ2v) is 8.83. The fourth-order valence-corrected chi connectivity index (χ4v) is 4.41. The van der Waals surface area contributed by atoms with Gasteiger partial charge in [-0.3, -0.25) is 14.5 Å². The molecule has 4 heterocycles. The van der Waals surface area contributed by atoms with Gasteiger partial charge in [-0.2, -0.15) is 18.3 Å². The summed E-state index contributed by atoms with van der Waals surface area (Å²) in [5.41, 5.74) is -0.182. The summed E-state index contributed by atoms with van der Waals surface area (Å²) in [5, 5.41) is 7.02. The summed E-state index contributed by atoms with van der Waals surface area (Å²) in [4.78, 5) is 20.6. The highest BCUT2D eigenvalue weighted by atomic mass is 35.5. The van der Waals surface area contributed by atoms with Crippen LogP contribution in [0, 0.1) is 0 Å². The number of rotatable bonds is 5. The SMILES string of the molecule is CC1Cc2oc(C(=O)NCc3cnc(Cl)cn3)c(C(F)(F)F)c2-c2nn(C[C@H]3COCCO3)cc21. The van der Waals surface area contributed by atoms with E-state index in [-0.39, 0.29) is 47.2 Å². The number of alkyl halides is 3. The van der Waals surface area contributed by atoms with E-state index in [2.05, 4.69) is 20.4 Å². The van der Waals surface area contributed by atoms with Crippen molar-refractivity contribution in [2.45, 2.75) is 44.6 Å². The minimum Gasteiger partial charge on any atom is -0.455 e. The summed E-state index contributed by atoms with van der Waals surface area (Å²) in [7, 11) is 0. The van der Waals surface area contributed by atoms with E-state index >= 15 is 0 Å². The molecule has 35 heavy (non-hydrogen) atoms. The number of fused-ring (bicyclic) bond motifs is 3. The third-order valence-electron chi connectivity index (χ3n) is 5.90. The quantitative estimate of drug-likeness (QED) is 0.558. The Morgan fingerprint density at radius 2 is 2.11 bits per heavy atom. The lowest BCUT2D eigenvalue weighted by atomic mass is 9.86. The van der Waals surface area contributed by atoms with Gasteiger partial charge in [0, 0.05) is 18.2 Å². The van der Waals surface area contributed by atoms with Crippen molar-refractivity contribution >= 4 is 17.5 Å². The minimum atomic E-state index is -4.84. The normalized spacial score (nSPS) is 19.8. The Morgan fingerprint density at radius 3 is 2.80 bits per heavy atom. The van der Waals surface area contributed by atoms with Gasteiger partial charge in [-0.25, -0.2) is 4.98 Å². The molecule has 0 saturated carbocycles. The van der Waals surface area contributed by atoms with Gasteiger partial charge < -0.3 is 19.2 Å². The Labute approximate surface area is 202 Å². The molecule has 13 heteroatoms. The number of hydrogen-bond donors (Lipinski definition) is 1. The molecule has 1 aliphatic heterocycles. The number of aromatic nitrogens is 4. The molecule has 1 fully saturated rings. The number of ether oxygens (including phenoxy) is 2. The van der Waals surface area contributed by atoms with Crippen LogP contribution in [0.1, 0.15) is 46.0 Å². The molecular formula is C22H21ClF3N5O4. The predicted molar refractivity (Wildman–Crippen MR) is 116 cm³/mol. The van der Waals surface area contributed by atoms with Gasteiger partial charge >= 0.3 is 6.18 Å². The molecule has 1 aliphatic carbocycles. The number of halogens is 4. The van der Waals surface area contributed by atoms with Crippen molar-refractivity contribution in [1.82, 2.24) is 25.1 Å². The van der Waals surface area contributed by atoms with Gasteiger partial charge in [0.1, 0.15) is 22.6 Å². The molecule has 186 valence electrons. The van der Waals surface area contributed by atoms with Crippen molar-refractivity contribution in [2.75, 3.05) is 19.8 Å². The summed E-state index contributed by atoms with van der Waals surface area (Å²) in [6.45, 7) is 3.41. The number of amides is 1. The predicted octanol–water partition coefficient (Wildman–Crippen LogP) is 3.61. The Kier molecular flexibility index (Phi) is 6.28. The first-order valence-electron chi connectivity index (χ1n) is 10.9. The molecule has 1 unspecified atom stereocenters. The lowest BCUT2D eigenvalue weighted by Crippen LogP contribution is -2.32. The van der Waals surface area contributed by atoms with Crippen molar-refractivity contribution in [1.29, 1.82) is 0 Å². The van der Waals surface area contributed by atoms with Crippen LogP contribution in [0.25, 0.3) is 11.3 Å². The summed E-state index contributed by atoms with van der Waals surface area (Å²) in [6, 6.07) is 0. The molecule has 1 N–H and O–H groups in total. The molecule has 0 spiro atoms. The van der Waals surface area contributed by atoms with E-state index < -0.39 is 23.4 Å². The summed E-state index contributed by atoms with van der Waals surface area (Å²) in [5.74, 6) is -1.88. The summed E-state index contributed by atoms with van der Waals surface area (Å²) >= 11 is 5.69. The molecule has 0 bridgehead atoms. The monoisotopic (exact) mass is 511 g/mol. The van der Waals surface area contributed by atoms with Gasteiger partial charge in [-0.05, 0) is 5.92 Å². The van der Waals surface area contributed by atoms with Crippen LogP contribution < -0.4 is 5.32 Å². The van der Waals surface area contributed by atoms with E-state index in [1.165, 1.54) is 12.4 Å². The number of nitrogens with one attached hydrogen (secondary N) is 1. The molecule has 1 saturated heterocycles. The van der Waals surface area contributed by atoms with E-state index in [9.17, 15) is 18.0 Å².